The smallest absolute Gasteiger partial charge is 0.253 e. The van der Waals surface area contributed by atoms with Gasteiger partial charge in [-0.2, -0.15) is 0 Å². The van der Waals surface area contributed by atoms with E-state index in [-0.39, 0.29) is 5.91 Å². The van der Waals surface area contributed by atoms with E-state index in [4.69, 9.17) is 16.3 Å². The molecule has 1 heterocycles. The van der Waals surface area contributed by atoms with Gasteiger partial charge in [-0.1, -0.05) is 29.8 Å². The fraction of sp³-hybridized carbons (Fsp3) is 0.111. The van der Waals surface area contributed by atoms with Gasteiger partial charge in [-0.15, -0.1) is 0 Å². The van der Waals surface area contributed by atoms with E-state index in [2.05, 4.69) is 10.3 Å². The highest BCUT2D eigenvalue weighted by molar-refractivity contribution is 6.30. The Hall–Kier alpha value is -2.59. The summed E-state index contributed by atoms with van der Waals surface area (Å²) in [7, 11) is 0. The van der Waals surface area contributed by atoms with Gasteiger partial charge in [0.05, 0.1) is 17.6 Å². The van der Waals surface area contributed by atoms with Crippen molar-refractivity contribution in [2.24, 2.45) is 0 Å². The van der Waals surface area contributed by atoms with E-state index < -0.39 is 0 Å². The molecule has 4 nitrogen and oxygen atoms in total. The van der Waals surface area contributed by atoms with Crippen LogP contribution in [0.25, 0.3) is 10.9 Å². The SMILES string of the molecule is O=C(NCCOc1ccc(Cl)cc1)c1cccc2cccnc12. The number of carbonyl (C=O) groups is 1. The number of nitrogens with zero attached hydrogens (tertiary/aromatic N) is 1. The van der Waals surface area contributed by atoms with E-state index in [1.54, 1.807) is 36.5 Å². The van der Waals surface area contributed by atoms with E-state index in [9.17, 15) is 4.79 Å². The lowest BCUT2D eigenvalue weighted by molar-refractivity contribution is 0.0948. The van der Waals surface area contributed by atoms with Crippen molar-refractivity contribution in [3.63, 3.8) is 0 Å². The Bertz CT molecular complexity index is 813. The number of ether oxygens (including phenoxy) is 1. The zero-order valence-corrected chi connectivity index (χ0v) is 13.1. The topological polar surface area (TPSA) is 51.2 Å². The number of aromatic nitrogens is 1. The molecule has 0 unspecified atom stereocenters. The van der Waals surface area contributed by atoms with Crippen LogP contribution in [0.2, 0.25) is 5.02 Å². The predicted molar refractivity (Wildman–Crippen MR) is 91.0 cm³/mol. The van der Waals surface area contributed by atoms with Crippen LogP contribution in [0.3, 0.4) is 0 Å². The quantitative estimate of drug-likeness (QED) is 0.727. The van der Waals surface area contributed by atoms with Crippen LogP contribution < -0.4 is 10.1 Å². The maximum atomic E-state index is 12.3. The summed E-state index contributed by atoms with van der Waals surface area (Å²) in [4.78, 5) is 16.6. The summed E-state index contributed by atoms with van der Waals surface area (Å²) < 4.78 is 5.55. The largest absolute Gasteiger partial charge is 0.492 e. The van der Waals surface area contributed by atoms with Crippen molar-refractivity contribution in [2.45, 2.75) is 0 Å². The number of amides is 1. The Morgan fingerprint density at radius 1 is 1.09 bits per heavy atom. The molecule has 0 aliphatic heterocycles. The van der Waals surface area contributed by atoms with E-state index in [0.717, 1.165) is 11.1 Å². The first-order chi connectivity index (χ1) is 11.2. The molecule has 0 saturated heterocycles. The second kappa shape index (κ2) is 7.11. The van der Waals surface area contributed by atoms with E-state index in [1.165, 1.54) is 0 Å². The fourth-order valence-corrected chi connectivity index (χ4v) is 2.37. The highest BCUT2D eigenvalue weighted by atomic mass is 35.5. The highest BCUT2D eigenvalue weighted by Crippen LogP contribution is 2.16. The van der Waals surface area contributed by atoms with E-state index in [1.807, 2.05) is 24.3 Å². The van der Waals surface area contributed by atoms with Crippen LogP contribution in [-0.2, 0) is 0 Å². The second-order valence-corrected chi connectivity index (χ2v) is 5.38. The zero-order chi connectivity index (χ0) is 16.1. The van der Waals surface area contributed by atoms with Crippen LogP contribution in [0.1, 0.15) is 10.4 Å². The molecule has 3 aromatic rings. The number of hydrogen-bond donors (Lipinski definition) is 1. The molecule has 23 heavy (non-hydrogen) atoms. The van der Waals surface area contributed by atoms with Crippen LogP contribution in [0.5, 0.6) is 5.75 Å². The first kappa shape index (κ1) is 15.3. The van der Waals surface area contributed by atoms with Crippen molar-refractivity contribution in [1.82, 2.24) is 10.3 Å². The monoisotopic (exact) mass is 326 g/mol. The molecular formula is C18H15ClN2O2. The number of para-hydroxylation sites is 1. The summed E-state index contributed by atoms with van der Waals surface area (Å²) in [6, 6.07) is 16.4. The first-order valence-electron chi connectivity index (χ1n) is 7.24. The minimum absolute atomic E-state index is 0.158. The molecule has 116 valence electrons. The van der Waals surface area contributed by atoms with Crippen LogP contribution in [0.4, 0.5) is 0 Å². The first-order valence-corrected chi connectivity index (χ1v) is 7.62. The van der Waals surface area contributed by atoms with Gasteiger partial charge in [0.2, 0.25) is 0 Å². The second-order valence-electron chi connectivity index (χ2n) is 4.94. The number of pyridine rings is 1. The van der Waals surface area contributed by atoms with Crippen LogP contribution in [-0.4, -0.2) is 24.0 Å². The van der Waals surface area contributed by atoms with Crippen molar-refractivity contribution in [2.75, 3.05) is 13.2 Å². The van der Waals surface area contributed by atoms with Crippen molar-refractivity contribution in [3.05, 3.63) is 71.4 Å². The van der Waals surface area contributed by atoms with Crippen molar-refractivity contribution in [3.8, 4) is 5.75 Å². The molecule has 0 aliphatic carbocycles. The third-order valence-electron chi connectivity index (χ3n) is 3.35. The normalized spacial score (nSPS) is 10.5. The lowest BCUT2D eigenvalue weighted by Crippen LogP contribution is -2.28. The number of halogens is 1. The van der Waals surface area contributed by atoms with Crippen molar-refractivity contribution < 1.29 is 9.53 Å². The van der Waals surface area contributed by atoms with Crippen LogP contribution in [0.15, 0.2) is 60.8 Å². The van der Waals surface area contributed by atoms with Crippen LogP contribution in [0, 0.1) is 0 Å². The summed E-state index contributed by atoms with van der Waals surface area (Å²) in [5.41, 5.74) is 1.26. The lowest BCUT2D eigenvalue weighted by Gasteiger charge is -2.09. The Morgan fingerprint density at radius 3 is 2.70 bits per heavy atom. The van der Waals surface area contributed by atoms with E-state index in [0.29, 0.717) is 29.3 Å². The standard InChI is InChI=1S/C18H15ClN2O2/c19-14-6-8-15(9-7-14)23-12-11-21-18(22)16-5-1-3-13-4-2-10-20-17(13)16/h1-10H,11-12H2,(H,21,22). The Kier molecular flexibility index (Phi) is 4.74. The average molecular weight is 327 g/mol. The average Bonchev–Trinajstić information content (AvgIpc) is 2.59. The van der Waals surface area contributed by atoms with Gasteiger partial charge in [0.1, 0.15) is 12.4 Å². The molecular weight excluding hydrogens is 312 g/mol. The van der Waals surface area contributed by atoms with Crippen LogP contribution >= 0.6 is 11.6 Å². The summed E-state index contributed by atoms with van der Waals surface area (Å²) in [5.74, 6) is 0.560. The fourth-order valence-electron chi connectivity index (χ4n) is 2.25. The summed E-state index contributed by atoms with van der Waals surface area (Å²) in [6.45, 7) is 0.788. The van der Waals surface area contributed by atoms with Gasteiger partial charge in [-0.3, -0.25) is 9.78 Å². The number of nitrogens with one attached hydrogen (secondary N) is 1. The third kappa shape index (κ3) is 3.79. The maximum absolute atomic E-state index is 12.3. The molecule has 0 atom stereocenters. The molecule has 0 fully saturated rings. The summed E-state index contributed by atoms with van der Waals surface area (Å²) in [5, 5.41) is 4.45. The molecule has 0 aliphatic rings. The van der Waals surface area contributed by atoms with Gasteiger partial charge in [0.25, 0.3) is 5.91 Å². The number of carbonyl (C=O) groups excluding carboxylic acids is 1. The molecule has 0 bridgehead atoms. The Labute approximate surface area is 139 Å². The number of rotatable bonds is 5. The molecule has 1 N–H and O–H groups in total. The van der Waals surface area contributed by atoms with Gasteiger partial charge in [0.15, 0.2) is 0 Å². The number of benzene rings is 2. The van der Waals surface area contributed by atoms with Gasteiger partial charge in [-0.05, 0) is 36.4 Å². The van der Waals surface area contributed by atoms with Gasteiger partial charge in [-0.25, -0.2) is 0 Å². The third-order valence-corrected chi connectivity index (χ3v) is 3.60. The summed E-state index contributed by atoms with van der Waals surface area (Å²) >= 11 is 5.81. The molecule has 5 heteroatoms. The molecule has 1 amide bonds. The van der Waals surface area contributed by atoms with Gasteiger partial charge in [0, 0.05) is 16.6 Å². The number of hydrogen-bond acceptors (Lipinski definition) is 3. The van der Waals surface area contributed by atoms with Gasteiger partial charge >= 0.3 is 0 Å². The van der Waals surface area contributed by atoms with Gasteiger partial charge < -0.3 is 10.1 Å². The maximum Gasteiger partial charge on any atom is 0.253 e. The Morgan fingerprint density at radius 2 is 1.87 bits per heavy atom. The molecule has 1 aromatic heterocycles. The lowest BCUT2D eigenvalue weighted by atomic mass is 10.1. The van der Waals surface area contributed by atoms with Crippen molar-refractivity contribution >= 4 is 28.4 Å². The predicted octanol–water partition coefficient (Wildman–Crippen LogP) is 3.70. The highest BCUT2D eigenvalue weighted by Gasteiger charge is 2.09. The molecule has 0 spiro atoms. The number of fused-ring (bicyclic) bond motifs is 1. The van der Waals surface area contributed by atoms with Crippen molar-refractivity contribution in [1.29, 1.82) is 0 Å². The molecule has 3 rings (SSSR count). The minimum atomic E-state index is -0.158. The summed E-state index contributed by atoms with van der Waals surface area (Å²) in [6.07, 6.45) is 1.68. The van der Waals surface area contributed by atoms with E-state index >= 15 is 0 Å². The zero-order valence-electron chi connectivity index (χ0n) is 12.3. The molecule has 0 saturated carbocycles. The molecule has 0 radical (unpaired) electrons. The minimum Gasteiger partial charge on any atom is -0.492 e. The Balaban J connectivity index is 1.57. The molecule has 2 aromatic carbocycles.